The van der Waals surface area contributed by atoms with Crippen molar-refractivity contribution in [1.82, 2.24) is 0 Å². The van der Waals surface area contributed by atoms with E-state index in [0.717, 1.165) is 12.8 Å². The molecule has 0 aromatic carbocycles. The monoisotopic (exact) mass is 250 g/mol. The zero-order chi connectivity index (χ0) is 13.3. The van der Waals surface area contributed by atoms with Crippen molar-refractivity contribution in [2.24, 2.45) is 5.92 Å². The fourth-order valence-corrected chi connectivity index (χ4v) is 3.12. The first-order chi connectivity index (χ1) is 7.69. The lowest BCUT2D eigenvalue weighted by molar-refractivity contribution is 0.370. The van der Waals surface area contributed by atoms with Crippen molar-refractivity contribution in [3.05, 3.63) is 11.3 Å². The van der Waals surface area contributed by atoms with Gasteiger partial charge in [0.1, 0.15) is 0 Å². The Hall–Kier alpha value is -0.683. The van der Waals surface area contributed by atoms with Gasteiger partial charge in [0.05, 0.1) is 5.76 Å². The average Bonchev–Trinajstić information content (AvgIpc) is 2.48. The lowest BCUT2D eigenvalue weighted by Crippen LogP contribution is -2.40. The summed E-state index contributed by atoms with van der Waals surface area (Å²) >= 11 is 0. The molecular weight excluding hydrogens is 224 g/mol. The van der Waals surface area contributed by atoms with Crippen LogP contribution in [-0.4, -0.2) is 8.32 Å². The predicted octanol–water partition coefficient (Wildman–Crippen LogP) is 4.72. The maximum atomic E-state index is 6.40. The van der Waals surface area contributed by atoms with Gasteiger partial charge < -0.3 is 4.43 Å². The van der Waals surface area contributed by atoms with Crippen LogP contribution < -0.4 is 0 Å². The molecule has 1 aliphatic rings. The van der Waals surface area contributed by atoms with Crippen molar-refractivity contribution >= 4 is 8.32 Å². The highest BCUT2D eigenvalue weighted by Crippen LogP contribution is 2.42. The minimum absolute atomic E-state index is 0.268. The second-order valence-corrected chi connectivity index (χ2v) is 11.3. The Morgan fingerprint density at radius 1 is 1.41 bits per heavy atom. The fourth-order valence-electron chi connectivity index (χ4n) is 1.94. The van der Waals surface area contributed by atoms with Gasteiger partial charge in [-0.2, -0.15) is 0 Å². The standard InChI is InChI=1S/C15H26OSi/c1-8-9-13-10-11-14(12(13)2)16-17(6,7)15(3,4)5/h1,13H,9-11H2,2-7H3. The lowest BCUT2D eigenvalue weighted by atomic mass is 10.00. The predicted molar refractivity (Wildman–Crippen MR) is 77.2 cm³/mol. The van der Waals surface area contributed by atoms with E-state index in [1.54, 1.807) is 0 Å². The molecule has 1 nitrogen and oxygen atoms in total. The van der Waals surface area contributed by atoms with E-state index < -0.39 is 8.32 Å². The second-order valence-electron chi connectivity index (χ2n) is 6.61. The molecule has 0 aliphatic heterocycles. The first-order valence-electron chi connectivity index (χ1n) is 6.51. The molecule has 0 fully saturated rings. The molecule has 0 aromatic rings. The first-order valence-corrected chi connectivity index (χ1v) is 9.42. The van der Waals surface area contributed by atoms with Gasteiger partial charge in [0.15, 0.2) is 0 Å². The van der Waals surface area contributed by atoms with E-state index in [-0.39, 0.29) is 5.04 Å². The highest BCUT2D eigenvalue weighted by Gasteiger charge is 2.40. The summed E-state index contributed by atoms with van der Waals surface area (Å²) in [6.45, 7) is 13.6. The number of terminal acetylenes is 1. The number of hydrogen-bond acceptors (Lipinski definition) is 1. The van der Waals surface area contributed by atoms with Gasteiger partial charge in [-0.25, -0.2) is 0 Å². The molecule has 1 aliphatic carbocycles. The molecule has 0 aromatic heterocycles. The van der Waals surface area contributed by atoms with Gasteiger partial charge in [-0.15, -0.1) is 12.3 Å². The van der Waals surface area contributed by atoms with Crippen LogP contribution in [0.15, 0.2) is 11.3 Å². The third-order valence-corrected chi connectivity index (χ3v) is 8.69. The number of rotatable bonds is 3. The molecule has 0 amide bonds. The van der Waals surface area contributed by atoms with Crippen molar-refractivity contribution in [2.45, 2.75) is 65.1 Å². The van der Waals surface area contributed by atoms with E-state index in [0.29, 0.717) is 5.92 Å². The van der Waals surface area contributed by atoms with Crippen molar-refractivity contribution < 1.29 is 4.43 Å². The molecule has 0 radical (unpaired) electrons. The normalized spacial score (nSPS) is 21.6. The van der Waals surface area contributed by atoms with Crippen LogP contribution >= 0.6 is 0 Å². The molecule has 0 saturated heterocycles. The van der Waals surface area contributed by atoms with Gasteiger partial charge >= 0.3 is 0 Å². The van der Waals surface area contributed by atoms with E-state index in [1.165, 1.54) is 17.8 Å². The van der Waals surface area contributed by atoms with Crippen LogP contribution in [0.5, 0.6) is 0 Å². The van der Waals surface area contributed by atoms with Gasteiger partial charge in [0, 0.05) is 12.8 Å². The van der Waals surface area contributed by atoms with Gasteiger partial charge in [0.2, 0.25) is 8.32 Å². The van der Waals surface area contributed by atoms with Crippen LogP contribution in [0.2, 0.25) is 18.1 Å². The number of allylic oxidation sites excluding steroid dienone is 2. The summed E-state index contributed by atoms with van der Waals surface area (Å²) in [5.41, 5.74) is 1.40. The quantitative estimate of drug-likeness (QED) is 0.520. The van der Waals surface area contributed by atoms with E-state index in [1.807, 2.05) is 0 Å². The molecule has 1 rings (SSSR count). The van der Waals surface area contributed by atoms with Gasteiger partial charge in [-0.1, -0.05) is 20.8 Å². The maximum absolute atomic E-state index is 6.40. The maximum Gasteiger partial charge on any atom is 0.250 e. The molecule has 17 heavy (non-hydrogen) atoms. The third kappa shape index (κ3) is 3.16. The molecule has 1 atom stereocenters. The van der Waals surface area contributed by atoms with Crippen LogP contribution in [-0.2, 0) is 4.43 Å². The summed E-state index contributed by atoms with van der Waals surface area (Å²) in [5, 5.41) is 0.268. The lowest BCUT2D eigenvalue weighted by Gasteiger charge is -2.37. The van der Waals surface area contributed by atoms with Crippen molar-refractivity contribution in [3.8, 4) is 12.3 Å². The van der Waals surface area contributed by atoms with Gasteiger partial charge in [0.25, 0.3) is 0 Å². The molecule has 1 unspecified atom stereocenters. The Bertz CT molecular complexity index is 352. The minimum atomic E-state index is -1.67. The Labute approximate surface area is 108 Å². The Morgan fingerprint density at radius 3 is 2.47 bits per heavy atom. The van der Waals surface area contributed by atoms with E-state index in [9.17, 15) is 0 Å². The zero-order valence-electron chi connectivity index (χ0n) is 12.2. The smallest absolute Gasteiger partial charge is 0.250 e. The SMILES string of the molecule is C#CCC1CCC(O[Si](C)(C)C(C)(C)C)=C1C. The molecule has 2 heteroatoms. The van der Waals surface area contributed by atoms with Gasteiger partial charge in [-0.3, -0.25) is 0 Å². The molecular formula is C15H26OSi. The van der Waals surface area contributed by atoms with Crippen LogP contribution in [0.1, 0.15) is 47.0 Å². The summed E-state index contributed by atoms with van der Waals surface area (Å²) in [6.07, 6.45) is 8.51. The largest absolute Gasteiger partial charge is 0.547 e. The Morgan fingerprint density at radius 2 is 2.00 bits per heavy atom. The topological polar surface area (TPSA) is 9.23 Å². The van der Waals surface area contributed by atoms with Crippen molar-refractivity contribution in [2.75, 3.05) is 0 Å². The van der Waals surface area contributed by atoms with Gasteiger partial charge in [-0.05, 0) is 43.0 Å². The minimum Gasteiger partial charge on any atom is -0.547 e. The highest BCUT2D eigenvalue weighted by atomic mass is 28.4. The molecule has 0 saturated carbocycles. The van der Waals surface area contributed by atoms with Crippen LogP contribution in [0, 0.1) is 18.3 Å². The summed E-state index contributed by atoms with van der Waals surface area (Å²) in [4.78, 5) is 0. The molecule has 96 valence electrons. The molecule has 0 spiro atoms. The van der Waals surface area contributed by atoms with E-state index in [4.69, 9.17) is 10.8 Å². The zero-order valence-corrected chi connectivity index (χ0v) is 13.2. The summed E-state index contributed by atoms with van der Waals surface area (Å²) < 4.78 is 6.40. The van der Waals surface area contributed by atoms with E-state index >= 15 is 0 Å². The molecule has 0 N–H and O–H groups in total. The molecule has 0 bridgehead atoms. The fraction of sp³-hybridized carbons (Fsp3) is 0.733. The first kappa shape index (κ1) is 14.4. The molecule has 0 heterocycles. The summed E-state index contributed by atoms with van der Waals surface area (Å²) in [6, 6.07) is 0. The van der Waals surface area contributed by atoms with Crippen molar-refractivity contribution in [1.29, 1.82) is 0 Å². The summed E-state index contributed by atoms with van der Waals surface area (Å²) in [7, 11) is -1.67. The second kappa shape index (κ2) is 4.90. The van der Waals surface area contributed by atoms with Crippen LogP contribution in [0.3, 0.4) is 0 Å². The Kier molecular flexibility index (Phi) is 4.14. The highest BCUT2D eigenvalue weighted by molar-refractivity contribution is 6.74. The third-order valence-electron chi connectivity index (χ3n) is 4.32. The Balaban J connectivity index is 2.80. The van der Waals surface area contributed by atoms with Crippen LogP contribution in [0.25, 0.3) is 0 Å². The van der Waals surface area contributed by atoms with Crippen LogP contribution in [0.4, 0.5) is 0 Å². The number of hydrogen-bond donors (Lipinski definition) is 0. The summed E-state index contributed by atoms with van der Waals surface area (Å²) in [5.74, 6) is 4.56. The van der Waals surface area contributed by atoms with E-state index in [2.05, 4.69) is 46.7 Å². The van der Waals surface area contributed by atoms with Crippen molar-refractivity contribution in [3.63, 3.8) is 0 Å². The average molecular weight is 250 g/mol.